The molecule has 6 nitrogen and oxygen atoms in total. The molecule has 0 aromatic heterocycles. The third-order valence-electron chi connectivity index (χ3n) is 16.7. The molecule has 0 aliphatic heterocycles. The van der Waals surface area contributed by atoms with E-state index in [0.717, 1.165) is 70.6 Å². The molecule has 472 valence electrons. The van der Waals surface area contributed by atoms with Gasteiger partial charge in [0.15, 0.2) is 6.10 Å². The zero-order chi connectivity index (χ0) is 57.8. The average Bonchev–Trinajstić information content (AvgIpc) is 3.46. The van der Waals surface area contributed by atoms with Gasteiger partial charge in [-0.1, -0.05) is 353 Å². The molecule has 0 rings (SSSR count). The standard InChI is InChI=1S/C74H140O6/c1-4-7-10-13-16-19-22-24-26-28-30-32-34-35-36-37-38-39-41-42-44-46-48-50-52-55-58-61-64-67-73(76)79-70-71(69-78-72(75)66-63-60-57-54-21-18-15-12-9-6-3)80-74(77)68-65-62-59-56-53-51-49-47-45-43-40-33-31-29-27-25-23-20-17-14-11-8-5-2/h12,15,28,30,71H,4-11,13-14,16-27,29,31-70H2,1-3H3/b15-12-,30-28-. The SMILES string of the molecule is CCC/C=C\CCCCCCCC(=O)OCC(COC(=O)CCCCCCCCCCCCCCCCCCC/C=C\CCCCCCCCCC)OC(=O)CCCCCCCCCCCCCCCCCCCCCCCCC. The van der Waals surface area contributed by atoms with Crippen molar-refractivity contribution in [3.05, 3.63) is 24.3 Å². The van der Waals surface area contributed by atoms with Crippen molar-refractivity contribution in [3.8, 4) is 0 Å². The fourth-order valence-corrected chi connectivity index (χ4v) is 11.2. The van der Waals surface area contributed by atoms with Crippen molar-refractivity contribution in [2.24, 2.45) is 0 Å². The molecule has 6 heteroatoms. The normalized spacial score (nSPS) is 12.1. The van der Waals surface area contributed by atoms with Crippen LogP contribution in [-0.2, 0) is 28.6 Å². The number of esters is 3. The van der Waals surface area contributed by atoms with Crippen LogP contribution in [0, 0.1) is 0 Å². The summed E-state index contributed by atoms with van der Waals surface area (Å²) >= 11 is 0. The molecule has 0 spiro atoms. The highest BCUT2D eigenvalue weighted by atomic mass is 16.6. The van der Waals surface area contributed by atoms with Crippen molar-refractivity contribution < 1.29 is 28.6 Å². The second-order valence-corrected chi connectivity index (χ2v) is 24.9. The first kappa shape index (κ1) is 77.9. The highest BCUT2D eigenvalue weighted by molar-refractivity contribution is 5.71. The van der Waals surface area contributed by atoms with Crippen molar-refractivity contribution in [2.75, 3.05) is 13.2 Å². The van der Waals surface area contributed by atoms with Gasteiger partial charge in [-0.15, -0.1) is 0 Å². The lowest BCUT2D eigenvalue weighted by atomic mass is 10.0. The van der Waals surface area contributed by atoms with Crippen LogP contribution in [0.2, 0.25) is 0 Å². The van der Waals surface area contributed by atoms with Crippen LogP contribution in [-0.4, -0.2) is 37.2 Å². The number of carbonyl (C=O) groups is 3. The number of hydrogen-bond acceptors (Lipinski definition) is 6. The molecule has 0 aliphatic carbocycles. The summed E-state index contributed by atoms with van der Waals surface area (Å²) < 4.78 is 17.0. The molecule has 0 aliphatic rings. The predicted octanol–water partition coefficient (Wildman–Crippen LogP) is 25.0. The number of allylic oxidation sites excluding steroid dienone is 4. The maximum Gasteiger partial charge on any atom is 0.306 e. The summed E-state index contributed by atoms with van der Waals surface area (Å²) in [5.41, 5.74) is 0. The molecule has 0 fully saturated rings. The number of rotatable bonds is 68. The molecule has 0 radical (unpaired) electrons. The lowest BCUT2D eigenvalue weighted by molar-refractivity contribution is -0.167. The van der Waals surface area contributed by atoms with Crippen molar-refractivity contribution in [1.82, 2.24) is 0 Å². The molecule has 0 saturated heterocycles. The zero-order valence-corrected chi connectivity index (χ0v) is 54.4. The summed E-state index contributed by atoms with van der Waals surface area (Å²) in [6, 6.07) is 0. The number of unbranched alkanes of at least 4 members (excludes halogenated alkanes) is 53. The van der Waals surface area contributed by atoms with Crippen LogP contribution < -0.4 is 0 Å². The fourth-order valence-electron chi connectivity index (χ4n) is 11.2. The summed E-state index contributed by atoms with van der Waals surface area (Å²) in [7, 11) is 0. The van der Waals surface area contributed by atoms with E-state index < -0.39 is 6.10 Å². The highest BCUT2D eigenvalue weighted by Crippen LogP contribution is 2.19. The predicted molar refractivity (Wildman–Crippen MR) is 349 cm³/mol. The van der Waals surface area contributed by atoms with Gasteiger partial charge in [0, 0.05) is 19.3 Å². The van der Waals surface area contributed by atoms with E-state index in [9.17, 15) is 14.4 Å². The van der Waals surface area contributed by atoms with Gasteiger partial charge in [0.05, 0.1) is 0 Å². The Morgan fingerprint density at radius 1 is 0.237 bits per heavy atom. The molecular formula is C74H140O6. The lowest BCUT2D eigenvalue weighted by Crippen LogP contribution is -2.30. The van der Waals surface area contributed by atoms with E-state index in [1.54, 1.807) is 0 Å². The molecule has 0 saturated carbocycles. The smallest absolute Gasteiger partial charge is 0.306 e. The largest absolute Gasteiger partial charge is 0.462 e. The molecule has 0 bridgehead atoms. The van der Waals surface area contributed by atoms with Gasteiger partial charge in [-0.3, -0.25) is 14.4 Å². The quantitative estimate of drug-likeness (QED) is 0.0261. The number of hydrogen-bond donors (Lipinski definition) is 0. The second kappa shape index (κ2) is 69.4. The molecule has 80 heavy (non-hydrogen) atoms. The molecule has 0 amide bonds. The van der Waals surface area contributed by atoms with Gasteiger partial charge in [-0.25, -0.2) is 0 Å². The third kappa shape index (κ3) is 66.7. The van der Waals surface area contributed by atoms with E-state index >= 15 is 0 Å². The molecular weight excluding hydrogens is 985 g/mol. The number of carbonyl (C=O) groups excluding carboxylic acids is 3. The van der Waals surface area contributed by atoms with E-state index in [1.165, 1.54) is 302 Å². The maximum atomic E-state index is 12.9. The summed E-state index contributed by atoms with van der Waals surface area (Å²) in [4.78, 5) is 38.3. The van der Waals surface area contributed by atoms with Gasteiger partial charge in [-0.2, -0.15) is 0 Å². The molecule has 1 unspecified atom stereocenters. The van der Waals surface area contributed by atoms with Crippen molar-refractivity contribution in [2.45, 2.75) is 419 Å². The molecule has 1 atom stereocenters. The van der Waals surface area contributed by atoms with Crippen LogP contribution in [0.25, 0.3) is 0 Å². The van der Waals surface area contributed by atoms with Crippen LogP contribution in [0.3, 0.4) is 0 Å². The van der Waals surface area contributed by atoms with E-state index in [4.69, 9.17) is 14.2 Å². The van der Waals surface area contributed by atoms with Crippen LogP contribution in [0.15, 0.2) is 24.3 Å². The van der Waals surface area contributed by atoms with Gasteiger partial charge in [-0.05, 0) is 64.2 Å². The summed E-state index contributed by atoms with van der Waals surface area (Å²) in [6.07, 6.45) is 85.2. The summed E-state index contributed by atoms with van der Waals surface area (Å²) in [5.74, 6) is -0.848. The molecule has 0 heterocycles. The Balaban J connectivity index is 4.09. The number of ether oxygens (including phenoxy) is 3. The molecule has 0 aromatic rings. The molecule has 0 N–H and O–H groups in total. The fraction of sp³-hybridized carbons (Fsp3) is 0.905. The first-order valence-corrected chi connectivity index (χ1v) is 36.3. The van der Waals surface area contributed by atoms with E-state index in [-0.39, 0.29) is 31.1 Å². The monoisotopic (exact) mass is 1130 g/mol. The first-order chi connectivity index (χ1) is 39.5. The minimum Gasteiger partial charge on any atom is -0.462 e. The summed E-state index contributed by atoms with van der Waals surface area (Å²) in [6.45, 7) is 6.65. The maximum absolute atomic E-state index is 12.9. The van der Waals surface area contributed by atoms with E-state index in [1.807, 2.05) is 0 Å². The van der Waals surface area contributed by atoms with Gasteiger partial charge < -0.3 is 14.2 Å². The lowest BCUT2D eigenvalue weighted by Gasteiger charge is -2.18. The Hall–Kier alpha value is -2.11. The van der Waals surface area contributed by atoms with Crippen molar-refractivity contribution in [1.29, 1.82) is 0 Å². The Morgan fingerprint density at radius 2 is 0.438 bits per heavy atom. The van der Waals surface area contributed by atoms with Crippen LogP contribution in [0.4, 0.5) is 0 Å². The zero-order valence-electron chi connectivity index (χ0n) is 54.4. The van der Waals surface area contributed by atoms with Crippen molar-refractivity contribution in [3.63, 3.8) is 0 Å². The third-order valence-corrected chi connectivity index (χ3v) is 16.7. The molecule has 0 aromatic carbocycles. The second-order valence-electron chi connectivity index (χ2n) is 24.9. The van der Waals surface area contributed by atoms with Gasteiger partial charge >= 0.3 is 17.9 Å². The van der Waals surface area contributed by atoms with E-state index in [2.05, 4.69) is 45.1 Å². The van der Waals surface area contributed by atoms with Gasteiger partial charge in [0.2, 0.25) is 0 Å². The summed E-state index contributed by atoms with van der Waals surface area (Å²) in [5, 5.41) is 0. The Bertz CT molecular complexity index is 1290. The Morgan fingerprint density at radius 3 is 0.675 bits per heavy atom. The van der Waals surface area contributed by atoms with Crippen LogP contribution >= 0.6 is 0 Å². The first-order valence-electron chi connectivity index (χ1n) is 36.3. The minimum absolute atomic E-state index is 0.0678. The highest BCUT2D eigenvalue weighted by Gasteiger charge is 2.19. The Kier molecular flexibility index (Phi) is 67.6. The van der Waals surface area contributed by atoms with E-state index in [0.29, 0.717) is 19.3 Å². The van der Waals surface area contributed by atoms with Gasteiger partial charge in [0.1, 0.15) is 13.2 Å². The van der Waals surface area contributed by atoms with Crippen LogP contribution in [0.1, 0.15) is 412 Å². The Labute approximate surface area is 500 Å². The van der Waals surface area contributed by atoms with Gasteiger partial charge in [0.25, 0.3) is 0 Å². The minimum atomic E-state index is -0.771. The topological polar surface area (TPSA) is 78.9 Å². The average molecular weight is 1130 g/mol. The van der Waals surface area contributed by atoms with Crippen molar-refractivity contribution >= 4 is 17.9 Å². The van der Waals surface area contributed by atoms with Crippen LogP contribution in [0.5, 0.6) is 0 Å².